The van der Waals surface area contributed by atoms with Gasteiger partial charge in [0.15, 0.2) is 0 Å². The maximum Gasteiger partial charge on any atom is 0.226 e. The molecule has 1 aromatic rings. The monoisotopic (exact) mass is 264 g/mol. The lowest BCUT2D eigenvalue weighted by atomic mass is 9.98. The van der Waals surface area contributed by atoms with Crippen molar-refractivity contribution in [3.63, 3.8) is 0 Å². The van der Waals surface area contributed by atoms with E-state index in [4.69, 9.17) is 0 Å². The summed E-state index contributed by atoms with van der Waals surface area (Å²) in [7, 11) is 0. The minimum atomic E-state index is -0.243. The van der Waals surface area contributed by atoms with Crippen molar-refractivity contribution >= 4 is 5.91 Å². The van der Waals surface area contributed by atoms with E-state index in [9.17, 15) is 9.18 Å². The summed E-state index contributed by atoms with van der Waals surface area (Å²) >= 11 is 0. The van der Waals surface area contributed by atoms with Gasteiger partial charge in [-0.15, -0.1) is 0 Å². The fraction of sp³-hybridized carbons (Fsp3) is 0.533. The van der Waals surface area contributed by atoms with E-state index in [0.29, 0.717) is 6.42 Å². The van der Waals surface area contributed by atoms with Crippen molar-refractivity contribution in [2.75, 3.05) is 19.6 Å². The summed E-state index contributed by atoms with van der Waals surface area (Å²) in [5.74, 6) is -0.187. The fourth-order valence-corrected chi connectivity index (χ4v) is 2.56. The number of hydrogen-bond donors (Lipinski definition) is 1. The average Bonchev–Trinajstić information content (AvgIpc) is 2.38. The van der Waals surface area contributed by atoms with Crippen LogP contribution in [0.25, 0.3) is 0 Å². The molecule has 3 nitrogen and oxygen atoms in total. The fourth-order valence-electron chi connectivity index (χ4n) is 2.56. The van der Waals surface area contributed by atoms with Crippen LogP contribution in [0.4, 0.5) is 4.39 Å². The van der Waals surface area contributed by atoms with Gasteiger partial charge in [-0.25, -0.2) is 4.39 Å². The predicted octanol–water partition coefficient (Wildman–Crippen LogP) is 1.82. The van der Waals surface area contributed by atoms with Crippen molar-refractivity contribution in [2.45, 2.75) is 26.3 Å². The molecule has 0 saturated carbocycles. The third kappa shape index (κ3) is 3.53. The number of benzene rings is 1. The molecule has 0 aliphatic carbocycles. The summed E-state index contributed by atoms with van der Waals surface area (Å²) in [6, 6.07) is 6.72. The molecule has 1 N–H and O–H groups in total. The van der Waals surface area contributed by atoms with Crippen LogP contribution in [0.3, 0.4) is 0 Å². The first-order valence-corrected chi connectivity index (χ1v) is 6.83. The average molecular weight is 264 g/mol. The summed E-state index contributed by atoms with van der Waals surface area (Å²) in [5.41, 5.74) is 0.878. The summed E-state index contributed by atoms with van der Waals surface area (Å²) < 4.78 is 13.1. The first-order chi connectivity index (χ1) is 9.08. The van der Waals surface area contributed by atoms with E-state index >= 15 is 0 Å². The number of nitrogens with one attached hydrogen (secondary N) is 1. The van der Waals surface area contributed by atoms with E-state index in [2.05, 4.69) is 12.2 Å². The molecule has 1 aliphatic rings. The number of hydrogen-bond acceptors (Lipinski definition) is 2. The van der Waals surface area contributed by atoms with Gasteiger partial charge in [0.25, 0.3) is 0 Å². The van der Waals surface area contributed by atoms with Crippen LogP contribution in [0.2, 0.25) is 0 Å². The zero-order valence-electron chi connectivity index (χ0n) is 11.5. The third-order valence-corrected chi connectivity index (χ3v) is 3.64. The first-order valence-electron chi connectivity index (χ1n) is 6.83. The van der Waals surface area contributed by atoms with Crippen molar-refractivity contribution in [1.82, 2.24) is 10.2 Å². The number of nitrogens with zero attached hydrogens (tertiary/aromatic N) is 1. The summed E-state index contributed by atoms with van der Waals surface area (Å²) in [6.07, 6.45) is 0.591. The molecule has 2 unspecified atom stereocenters. The Morgan fingerprint density at radius 3 is 3.05 bits per heavy atom. The van der Waals surface area contributed by atoms with Gasteiger partial charge in [0, 0.05) is 31.6 Å². The molecular formula is C15H21FN2O. The molecule has 104 valence electrons. The quantitative estimate of drug-likeness (QED) is 0.903. The molecule has 1 aliphatic heterocycles. The Morgan fingerprint density at radius 1 is 1.58 bits per heavy atom. The van der Waals surface area contributed by atoms with Crippen LogP contribution in [-0.4, -0.2) is 36.5 Å². The van der Waals surface area contributed by atoms with Gasteiger partial charge in [-0.05, 0) is 31.0 Å². The largest absolute Gasteiger partial charge is 0.337 e. The zero-order chi connectivity index (χ0) is 13.8. The summed E-state index contributed by atoms with van der Waals surface area (Å²) in [6.45, 7) is 6.43. The lowest BCUT2D eigenvalue weighted by Crippen LogP contribution is -2.53. The molecule has 1 aromatic carbocycles. The normalized spacial score (nSPS) is 21.2. The molecule has 1 saturated heterocycles. The van der Waals surface area contributed by atoms with Gasteiger partial charge in [0.05, 0.1) is 0 Å². The van der Waals surface area contributed by atoms with E-state index in [0.717, 1.165) is 25.2 Å². The minimum absolute atomic E-state index is 0.109. The summed E-state index contributed by atoms with van der Waals surface area (Å²) in [4.78, 5) is 14.3. The second-order valence-corrected chi connectivity index (χ2v) is 5.32. The van der Waals surface area contributed by atoms with Crippen LogP contribution in [0.1, 0.15) is 19.4 Å². The maximum atomic E-state index is 13.1. The van der Waals surface area contributed by atoms with Crippen molar-refractivity contribution in [1.29, 1.82) is 0 Å². The van der Waals surface area contributed by atoms with E-state index in [1.165, 1.54) is 12.1 Å². The van der Waals surface area contributed by atoms with Gasteiger partial charge >= 0.3 is 0 Å². The van der Waals surface area contributed by atoms with Crippen molar-refractivity contribution in [3.05, 3.63) is 35.6 Å². The van der Waals surface area contributed by atoms with Gasteiger partial charge in [-0.1, -0.05) is 19.1 Å². The van der Waals surface area contributed by atoms with Crippen LogP contribution >= 0.6 is 0 Å². The molecule has 1 heterocycles. The van der Waals surface area contributed by atoms with Crippen LogP contribution in [0, 0.1) is 11.7 Å². The van der Waals surface area contributed by atoms with E-state index in [1.54, 1.807) is 6.07 Å². The van der Waals surface area contributed by atoms with Gasteiger partial charge in [-0.3, -0.25) is 4.79 Å². The van der Waals surface area contributed by atoms with Crippen LogP contribution < -0.4 is 5.32 Å². The van der Waals surface area contributed by atoms with Gasteiger partial charge in [-0.2, -0.15) is 0 Å². The Bertz CT molecular complexity index is 450. The number of carbonyl (C=O) groups is 1. The van der Waals surface area contributed by atoms with Crippen LogP contribution in [0.15, 0.2) is 24.3 Å². The Morgan fingerprint density at radius 2 is 2.37 bits per heavy atom. The Labute approximate surface area is 113 Å². The Hall–Kier alpha value is -1.42. The highest BCUT2D eigenvalue weighted by Gasteiger charge is 2.26. The second-order valence-electron chi connectivity index (χ2n) is 5.32. The zero-order valence-corrected chi connectivity index (χ0v) is 11.5. The smallest absolute Gasteiger partial charge is 0.226 e. The lowest BCUT2D eigenvalue weighted by molar-refractivity contribution is -0.137. The Kier molecular flexibility index (Phi) is 4.53. The minimum Gasteiger partial charge on any atom is -0.337 e. The molecular weight excluding hydrogens is 243 g/mol. The number of amides is 1. The molecule has 19 heavy (non-hydrogen) atoms. The number of carbonyl (C=O) groups excluding carboxylic acids is 1. The third-order valence-electron chi connectivity index (χ3n) is 3.64. The van der Waals surface area contributed by atoms with Gasteiger partial charge in [0.1, 0.15) is 5.82 Å². The molecule has 2 atom stereocenters. The van der Waals surface area contributed by atoms with E-state index < -0.39 is 0 Å². The molecule has 0 radical (unpaired) electrons. The van der Waals surface area contributed by atoms with Crippen LogP contribution in [-0.2, 0) is 11.2 Å². The standard InChI is InChI=1S/C15H21FN2O/c1-11(8-13-4-3-5-14(16)9-13)15(19)18-7-6-17-10-12(18)2/h3-5,9,11-12,17H,6-8,10H2,1-2H3. The topological polar surface area (TPSA) is 32.3 Å². The highest BCUT2D eigenvalue weighted by Crippen LogP contribution is 2.15. The second kappa shape index (κ2) is 6.15. The molecule has 0 bridgehead atoms. The van der Waals surface area contributed by atoms with Crippen LogP contribution in [0.5, 0.6) is 0 Å². The molecule has 2 rings (SSSR count). The summed E-state index contributed by atoms with van der Waals surface area (Å²) in [5, 5.41) is 3.27. The van der Waals surface area contributed by atoms with Crippen molar-refractivity contribution in [2.24, 2.45) is 5.92 Å². The highest BCUT2D eigenvalue weighted by molar-refractivity contribution is 5.79. The van der Waals surface area contributed by atoms with Crippen molar-refractivity contribution < 1.29 is 9.18 Å². The molecule has 4 heteroatoms. The molecule has 1 amide bonds. The molecule has 0 aromatic heterocycles. The number of piperazine rings is 1. The number of rotatable bonds is 3. The number of halogens is 1. The predicted molar refractivity (Wildman–Crippen MR) is 73.3 cm³/mol. The molecule has 1 fully saturated rings. The van der Waals surface area contributed by atoms with E-state index in [-0.39, 0.29) is 23.7 Å². The SMILES string of the molecule is CC(Cc1cccc(F)c1)C(=O)N1CCNCC1C. The van der Waals surface area contributed by atoms with E-state index in [1.807, 2.05) is 17.9 Å². The maximum absolute atomic E-state index is 13.1. The molecule has 0 spiro atoms. The highest BCUT2D eigenvalue weighted by atomic mass is 19.1. The first kappa shape index (κ1) is 14.0. The van der Waals surface area contributed by atoms with Gasteiger partial charge < -0.3 is 10.2 Å². The van der Waals surface area contributed by atoms with Gasteiger partial charge in [0.2, 0.25) is 5.91 Å². The van der Waals surface area contributed by atoms with Crippen molar-refractivity contribution in [3.8, 4) is 0 Å². The lowest BCUT2D eigenvalue weighted by Gasteiger charge is -2.35. The Balaban J connectivity index is 1.99.